The molecule has 0 aromatic heterocycles. The third-order valence-corrected chi connectivity index (χ3v) is 9.62. The number of aryl methyl sites for hydroxylation is 2. The molecule has 0 radical (unpaired) electrons. The average molecular weight is 576 g/mol. The Morgan fingerprint density at radius 2 is 1.54 bits per heavy atom. The van der Waals surface area contributed by atoms with Crippen LogP contribution in [0.2, 0.25) is 0 Å². The number of nitrogens with one attached hydrogen (secondary N) is 1. The van der Waals surface area contributed by atoms with Crippen LogP contribution in [0.5, 0.6) is 0 Å². The van der Waals surface area contributed by atoms with Crippen LogP contribution >= 0.6 is 0 Å². The molecule has 1 N–H and O–H groups in total. The molecule has 0 bridgehead atoms. The molecule has 0 spiro atoms. The van der Waals surface area contributed by atoms with Gasteiger partial charge in [0.05, 0.1) is 10.6 Å². The molecule has 0 heterocycles. The molecule has 1 aliphatic rings. The second-order valence-electron chi connectivity index (χ2n) is 10.8. The number of nitrogens with zero attached hydrogens (tertiary/aromatic N) is 2. The highest BCUT2D eigenvalue weighted by atomic mass is 32.2. The van der Waals surface area contributed by atoms with Crippen molar-refractivity contribution in [3.8, 4) is 0 Å². The smallest absolute Gasteiger partial charge is 0.264 e. The molecule has 1 atom stereocenters. The van der Waals surface area contributed by atoms with Gasteiger partial charge in [0.2, 0.25) is 11.8 Å². The van der Waals surface area contributed by atoms with Crippen molar-refractivity contribution >= 4 is 27.5 Å². The van der Waals surface area contributed by atoms with Gasteiger partial charge in [0, 0.05) is 12.6 Å². The molecule has 7 nitrogen and oxygen atoms in total. The number of sulfonamides is 1. The van der Waals surface area contributed by atoms with E-state index in [9.17, 15) is 18.0 Å². The Bertz CT molecular complexity index is 1420. The van der Waals surface area contributed by atoms with E-state index in [0.717, 1.165) is 42.4 Å². The summed E-state index contributed by atoms with van der Waals surface area (Å²) in [6, 6.07) is 22.5. The fourth-order valence-corrected chi connectivity index (χ4v) is 6.80. The van der Waals surface area contributed by atoms with Gasteiger partial charge in [-0.1, -0.05) is 92.4 Å². The van der Waals surface area contributed by atoms with Crippen LogP contribution in [0, 0.1) is 6.92 Å². The van der Waals surface area contributed by atoms with E-state index in [-0.39, 0.29) is 23.4 Å². The molecule has 0 aliphatic heterocycles. The third kappa shape index (κ3) is 7.55. The maximum absolute atomic E-state index is 14.2. The molecular weight excluding hydrogens is 534 g/mol. The first-order valence-electron chi connectivity index (χ1n) is 14.5. The topological polar surface area (TPSA) is 86.8 Å². The second-order valence-corrected chi connectivity index (χ2v) is 12.7. The van der Waals surface area contributed by atoms with Gasteiger partial charge in [0.1, 0.15) is 12.6 Å². The van der Waals surface area contributed by atoms with Crippen LogP contribution in [-0.4, -0.2) is 43.8 Å². The van der Waals surface area contributed by atoms with Crippen LogP contribution < -0.4 is 9.62 Å². The summed E-state index contributed by atoms with van der Waals surface area (Å²) in [4.78, 5) is 29.2. The minimum atomic E-state index is -4.08. The highest BCUT2D eigenvalue weighted by Gasteiger charge is 2.33. The summed E-state index contributed by atoms with van der Waals surface area (Å²) in [5.41, 5.74) is 3.23. The highest BCUT2D eigenvalue weighted by Crippen LogP contribution is 2.28. The van der Waals surface area contributed by atoms with Crippen molar-refractivity contribution in [2.45, 2.75) is 82.8 Å². The first-order chi connectivity index (χ1) is 19.7. The summed E-state index contributed by atoms with van der Waals surface area (Å²) < 4.78 is 29.2. The maximum Gasteiger partial charge on any atom is 0.264 e. The number of carbonyl (C=O) groups excluding carboxylic acids is 2. The molecule has 41 heavy (non-hydrogen) atoms. The van der Waals surface area contributed by atoms with E-state index in [2.05, 4.69) is 5.32 Å². The predicted molar refractivity (Wildman–Crippen MR) is 163 cm³/mol. The van der Waals surface area contributed by atoms with Crippen LogP contribution in [0.15, 0.2) is 83.8 Å². The number of hydrogen-bond donors (Lipinski definition) is 1. The van der Waals surface area contributed by atoms with Crippen LogP contribution in [0.25, 0.3) is 0 Å². The molecule has 3 aromatic carbocycles. The Hall–Kier alpha value is -3.65. The fourth-order valence-electron chi connectivity index (χ4n) is 5.33. The zero-order valence-corrected chi connectivity index (χ0v) is 25.1. The minimum Gasteiger partial charge on any atom is -0.352 e. The van der Waals surface area contributed by atoms with Crippen molar-refractivity contribution < 1.29 is 18.0 Å². The Kier molecular flexibility index (Phi) is 10.2. The van der Waals surface area contributed by atoms with Crippen molar-refractivity contribution in [2.75, 3.05) is 10.8 Å². The lowest BCUT2D eigenvalue weighted by Gasteiger charge is -2.33. The van der Waals surface area contributed by atoms with Gasteiger partial charge in [-0.3, -0.25) is 13.9 Å². The number of carbonyl (C=O) groups is 2. The zero-order valence-electron chi connectivity index (χ0n) is 24.3. The standard InChI is InChI=1S/C33H41N3O4S/c1-4-28-13-11-12-18-31(28)36(41(39,40)30-16-9-6-10-17-30)24-32(37)35(23-27-21-19-25(2)20-22-27)26(3)33(38)34-29-14-7-5-8-15-29/h6,9-13,16-22,26,29H,4-5,7-8,14-15,23-24H2,1-3H3,(H,34,38)/t26-/m1/s1. The summed E-state index contributed by atoms with van der Waals surface area (Å²) in [5.74, 6) is -0.661. The molecular formula is C33H41N3O4S. The summed E-state index contributed by atoms with van der Waals surface area (Å²) in [6.45, 7) is 5.42. The van der Waals surface area contributed by atoms with E-state index >= 15 is 0 Å². The Morgan fingerprint density at radius 1 is 0.902 bits per heavy atom. The summed E-state index contributed by atoms with van der Waals surface area (Å²) >= 11 is 0. The number of hydrogen-bond acceptors (Lipinski definition) is 4. The molecule has 8 heteroatoms. The Labute approximate surface area is 244 Å². The molecule has 1 aliphatic carbocycles. The van der Waals surface area contributed by atoms with Gasteiger partial charge in [-0.15, -0.1) is 0 Å². The number of para-hydroxylation sites is 1. The van der Waals surface area contributed by atoms with Gasteiger partial charge in [-0.05, 0) is 62.4 Å². The monoisotopic (exact) mass is 575 g/mol. The van der Waals surface area contributed by atoms with E-state index in [1.54, 1.807) is 37.3 Å². The van der Waals surface area contributed by atoms with Crippen molar-refractivity contribution in [1.82, 2.24) is 10.2 Å². The Balaban J connectivity index is 1.69. The van der Waals surface area contributed by atoms with Crippen LogP contribution in [0.1, 0.15) is 62.6 Å². The normalized spacial score (nSPS) is 14.7. The number of rotatable bonds is 11. The largest absolute Gasteiger partial charge is 0.352 e. The molecule has 0 saturated heterocycles. The lowest BCUT2D eigenvalue weighted by atomic mass is 9.95. The van der Waals surface area contributed by atoms with Crippen LogP contribution in [-0.2, 0) is 32.6 Å². The van der Waals surface area contributed by atoms with Gasteiger partial charge in [0.15, 0.2) is 0 Å². The second kappa shape index (κ2) is 13.8. The van der Waals surface area contributed by atoms with E-state index in [1.165, 1.54) is 27.8 Å². The summed E-state index contributed by atoms with van der Waals surface area (Å²) in [5, 5.41) is 3.14. The molecule has 2 amide bonds. The zero-order chi connectivity index (χ0) is 29.4. The molecule has 1 saturated carbocycles. The summed E-state index contributed by atoms with van der Waals surface area (Å²) in [6.07, 6.45) is 5.79. The van der Waals surface area contributed by atoms with Crippen LogP contribution in [0.4, 0.5) is 5.69 Å². The number of benzene rings is 3. The molecule has 4 rings (SSSR count). The molecule has 1 fully saturated rings. The van der Waals surface area contributed by atoms with Crippen molar-refractivity contribution in [1.29, 1.82) is 0 Å². The average Bonchev–Trinajstić information content (AvgIpc) is 3.00. The fraction of sp³-hybridized carbons (Fsp3) is 0.394. The molecule has 218 valence electrons. The van der Waals surface area contributed by atoms with Gasteiger partial charge >= 0.3 is 0 Å². The first-order valence-corrected chi connectivity index (χ1v) is 16.0. The molecule has 0 unspecified atom stereocenters. The Morgan fingerprint density at radius 3 is 2.20 bits per heavy atom. The van der Waals surface area contributed by atoms with Crippen molar-refractivity contribution in [3.05, 3.63) is 95.6 Å². The van der Waals surface area contributed by atoms with E-state index in [4.69, 9.17) is 0 Å². The quantitative estimate of drug-likeness (QED) is 0.322. The lowest BCUT2D eigenvalue weighted by Crippen LogP contribution is -2.53. The van der Waals surface area contributed by atoms with Crippen LogP contribution in [0.3, 0.4) is 0 Å². The van der Waals surface area contributed by atoms with Gasteiger partial charge in [-0.25, -0.2) is 8.42 Å². The van der Waals surface area contributed by atoms with Gasteiger partial charge < -0.3 is 10.2 Å². The molecule has 3 aromatic rings. The minimum absolute atomic E-state index is 0.0985. The van der Waals surface area contributed by atoms with Gasteiger partial charge in [-0.2, -0.15) is 0 Å². The maximum atomic E-state index is 14.2. The van der Waals surface area contributed by atoms with Crippen molar-refractivity contribution in [2.24, 2.45) is 0 Å². The lowest BCUT2D eigenvalue weighted by molar-refractivity contribution is -0.139. The van der Waals surface area contributed by atoms with Gasteiger partial charge in [0.25, 0.3) is 10.0 Å². The van der Waals surface area contributed by atoms with E-state index < -0.39 is 28.5 Å². The first kappa shape index (κ1) is 30.3. The summed E-state index contributed by atoms with van der Waals surface area (Å²) in [7, 11) is -4.08. The SMILES string of the molecule is CCc1ccccc1N(CC(=O)N(Cc1ccc(C)cc1)[C@H](C)C(=O)NC1CCCCC1)S(=O)(=O)c1ccccc1. The van der Waals surface area contributed by atoms with E-state index in [0.29, 0.717) is 12.1 Å². The number of anilines is 1. The predicted octanol–water partition coefficient (Wildman–Crippen LogP) is 5.62. The number of amides is 2. The van der Waals surface area contributed by atoms with Crippen molar-refractivity contribution in [3.63, 3.8) is 0 Å². The third-order valence-electron chi connectivity index (χ3n) is 7.84. The highest BCUT2D eigenvalue weighted by molar-refractivity contribution is 7.92. The van der Waals surface area contributed by atoms with E-state index in [1.807, 2.05) is 50.2 Å².